The van der Waals surface area contributed by atoms with Crippen molar-refractivity contribution in [2.24, 2.45) is 4.99 Å². The van der Waals surface area contributed by atoms with Crippen molar-refractivity contribution in [2.75, 3.05) is 33.3 Å². The maximum Gasteiger partial charge on any atom is 0.240 e. The molecule has 7 nitrogen and oxygen atoms in total. The number of aliphatic hydroxyl groups excluding tert-OH is 1. The zero-order valence-corrected chi connectivity index (χ0v) is 16.1. The Morgan fingerprint density at radius 3 is 2.22 bits per heavy atom. The van der Waals surface area contributed by atoms with Gasteiger partial charge in [-0.3, -0.25) is 4.99 Å². The van der Waals surface area contributed by atoms with E-state index >= 15 is 0 Å². The Balaban J connectivity index is 1.77. The van der Waals surface area contributed by atoms with Gasteiger partial charge in [-0.15, -0.1) is 0 Å². The molecule has 0 amide bonds. The van der Waals surface area contributed by atoms with E-state index in [1.807, 2.05) is 30.3 Å². The molecule has 0 fully saturated rings. The first-order valence-corrected chi connectivity index (χ1v) is 10.2. The fraction of sp³-hybridized carbons (Fsp3) is 0.316. The number of nitrogens with zero attached hydrogens (tertiary/aromatic N) is 1. The number of guanidine groups is 1. The van der Waals surface area contributed by atoms with Crippen molar-refractivity contribution >= 4 is 16.0 Å². The smallest absolute Gasteiger partial charge is 0.240 e. The fourth-order valence-corrected chi connectivity index (χ4v) is 3.56. The molecule has 4 N–H and O–H groups in total. The second kappa shape index (κ2) is 10.7. The molecule has 1 unspecified atom stereocenters. The summed E-state index contributed by atoms with van der Waals surface area (Å²) in [7, 11) is -1.88. The third-order valence-corrected chi connectivity index (χ3v) is 5.47. The van der Waals surface area contributed by atoms with Crippen LogP contribution in [0.15, 0.2) is 70.6 Å². The SMILES string of the molecule is CN=C(NCCNS(=O)(=O)c1ccccc1)NCC(CO)c1ccccc1. The zero-order valence-electron chi connectivity index (χ0n) is 15.3. The van der Waals surface area contributed by atoms with Gasteiger partial charge in [0.1, 0.15) is 0 Å². The van der Waals surface area contributed by atoms with Crippen LogP contribution < -0.4 is 15.4 Å². The number of hydrogen-bond acceptors (Lipinski definition) is 4. The minimum Gasteiger partial charge on any atom is -0.396 e. The number of sulfonamides is 1. The van der Waals surface area contributed by atoms with Gasteiger partial charge < -0.3 is 15.7 Å². The molecular weight excluding hydrogens is 364 g/mol. The summed E-state index contributed by atoms with van der Waals surface area (Å²) in [5.74, 6) is 0.490. The number of nitrogens with one attached hydrogen (secondary N) is 3. The summed E-state index contributed by atoms with van der Waals surface area (Å²) >= 11 is 0. The van der Waals surface area contributed by atoms with E-state index in [0.29, 0.717) is 19.0 Å². The molecule has 2 aromatic carbocycles. The Kier molecular flexibility index (Phi) is 8.25. The predicted octanol–water partition coefficient (Wildman–Crippen LogP) is 0.906. The van der Waals surface area contributed by atoms with E-state index in [4.69, 9.17) is 0 Å². The van der Waals surface area contributed by atoms with E-state index in [9.17, 15) is 13.5 Å². The number of benzene rings is 2. The van der Waals surface area contributed by atoms with Gasteiger partial charge in [0.15, 0.2) is 5.96 Å². The molecular formula is C19H26N4O3S. The molecule has 0 heterocycles. The van der Waals surface area contributed by atoms with Gasteiger partial charge in [0.2, 0.25) is 10.0 Å². The van der Waals surface area contributed by atoms with E-state index in [0.717, 1.165) is 5.56 Å². The van der Waals surface area contributed by atoms with Crippen LogP contribution in [0.1, 0.15) is 11.5 Å². The molecule has 2 rings (SSSR count). The van der Waals surface area contributed by atoms with Crippen molar-refractivity contribution < 1.29 is 13.5 Å². The van der Waals surface area contributed by atoms with Gasteiger partial charge in [-0.1, -0.05) is 48.5 Å². The molecule has 0 spiro atoms. The second-order valence-corrected chi connectivity index (χ2v) is 7.65. The van der Waals surface area contributed by atoms with Gasteiger partial charge in [-0.05, 0) is 17.7 Å². The average molecular weight is 391 g/mol. The predicted molar refractivity (Wildman–Crippen MR) is 107 cm³/mol. The van der Waals surface area contributed by atoms with E-state index < -0.39 is 10.0 Å². The summed E-state index contributed by atoms with van der Waals surface area (Å²) in [6.45, 7) is 1.13. The molecule has 0 saturated heterocycles. The summed E-state index contributed by atoms with van der Waals surface area (Å²) in [5.41, 5.74) is 1.04. The van der Waals surface area contributed by atoms with Crippen molar-refractivity contribution in [3.05, 3.63) is 66.2 Å². The first kappa shape index (κ1) is 20.9. The third-order valence-electron chi connectivity index (χ3n) is 3.99. The number of hydrogen-bond donors (Lipinski definition) is 4. The first-order chi connectivity index (χ1) is 13.1. The van der Waals surface area contributed by atoms with Gasteiger partial charge in [0.05, 0.1) is 11.5 Å². The van der Waals surface area contributed by atoms with E-state index in [2.05, 4.69) is 20.3 Å². The van der Waals surface area contributed by atoms with Crippen LogP contribution in [0.2, 0.25) is 0 Å². The van der Waals surface area contributed by atoms with Gasteiger partial charge in [0, 0.05) is 32.6 Å². The molecule has 0 aliphatic rings. The Hall–Kier alpha value is -2.42. The lowest BCUT2D eigenvalue weighted by Gasteiger charge is -2.18. The van der Waals surface area contributed by atoms with Crippen LogP contribution in [0, 0.1) is 0 Å². The minimum atomic E-state index is -3.51. The summed E-state index contributed by atoms with van der Waals surface area (Å²) in [4.78, 5) is 4.35. The maximum atomic E-state index is 12.1. The number of aliphatic hydroxyl groups is 1. The van der Waals surface area contributed by atoms with Gasteiger partial charge >= 0.3 is 0 Å². The fourth-order valence-electron chi connectivity index (χ4n) is 2.50. The number of rotatable bonds is 9. The van der Waals surface area contributed by atoms with Gasteiger partial charge in [-0.25, -0.2) is 13.1 Å². The molecule has 146 valence electrons. The summed E-state index contributed by atoms with van der Waals surface area (Å²) in [6, 6.07) is 18.0. The quantitative estimate of drug-likeness (QED) is 0.290. The molecule has 2 aromatic rings. The first-order valence-electron chi connectivity index (χ1n) is 8.72. The summed E-state index contributed by atoms with van der Waals surface area (Å²) in [5, 5.41) is 15.8. The lowest BCUT2D eigenvalue weighted by Crippen LogP contribution is -2.43. The van der Waals surface area contributed by atoms with Crippen molar-refractivity contribution in [2.45, 2.75) is 10.8 Å². The van der Waals surface area contributed by atoms with E-state index in [1.54, 1.807) is 37.4 Å². The molecule has 1 atom stereocenters. The monoisotopic (exact) mass is 390 g/mol. The highest BCUT2D eigenvalue weighted by molar-refractivity contribution is 7.89. The lowest BCUT2D eigenvalue weighted by molar-refractivity contribution is 0.265. The highest BCUT2D eigenvalue weighted by atomic mass is 32.2. The zero-order chi connectivity index (χ0) is 19.5. The molecule has 0 aliphatic carbocycles. The van der Waals surface area contributed by atoms with Crippen LogP contribution in [0.5, 0.6) is 0 Å². The van der Waals surface area contributed by atoms with Crippen molar-refractivity contribution in [1.29, 1.82) is 0 Å². The average Bonchev–Trinajstić information content (AvgIpc) is 2.71. The Bertz CT molecular complexity index is 811. The summed E-state index contributed by atoms with van der Waals surface area (Å²) < 4.78 is 26.8. The van der Waals surface area contributed by atoms with E-state index in [-0.39, 0.29) is 24.0 Å². The number of aliphatic imine (C=N–C) groups is 1. The maximum absolute atomic E-state index is 12.1. The van der Waals surface area contributed by atoms with Crippen LogP contribution in [0.25, 0.3) is 0 Å². The van der Waals surface area contributed by atoms with Gasteiger partial charge in [0.25, 0.3) is 0 Å². The Morgan fingerprint density at radius 2 is 1.63 bits per heavy atom. The molecule has 0 aromatic heterocycles. The summed E-state index contributed by atoms with van der Waals surface area (Å²) in [6.07, 6.45) is 0. The van der Waals surface area contributed by atoms with Gasteiger partial charge in [-0.2, -0.15) is 0 Å². The molecule has 27 heavy (non-hydrogen) atoms. The molecule has 0 saturated carbocycles. The van der Waals surface area contributed by atoms with E-state index in [1.165, 1.54) is 0 Å². The normalized spacial score (nSPS) is 13.2. The van der Waals surface area contributed by atoms with Crippen molar-refractivity contribution in [1.82, 2.24) is 15.4 Å². The standard InChI is InChI=1S/C19H26N4O3S/c1-20-19(22-14-17(15-24)16-8-4-2-5-9-16)21-12-13-23-27(25,26)18-10-6-3-7-11-18/h2-11,17,23-24H,12-15H2,1H3,(H2,20,21,22). The largest absolute Gasteiger partial charge is 0.396 e. The molecule has 0 aliphatic heterocycles. The highest BCUT2D eigenvalue weighted by Gasteiger charge is 2.13. The Labute approximate surface area is 160 Å². The van der Waals surface area contributed by atoms with Crippen LogP contribution >= 0.6 is 0 Å². The molecule has 8 heteroatoms. The Morgan fingerprint density at radius 1 is 1.00 bits per heavy atom. The van der Waals surface area contributed by atoms with Crippen molar-refractivity contribution in [3.8, 4) is 0 Å². The molecule has 0 radical (unpaired) electrons. The van der Waals surface area contributed by atoms with Crippen molar-refractivity contribution in [3.63, 3.8) is 0 Å². The topological polar surface area (TPSA) is 103 Å². The van der Waals surface area contributed by atoms with Crippen LogP contribution in [-0.2, 0) is 10.0 Å². The highest BCUT2D eigenvalue weighted by Crippen LogP contribution is 2.13. The second-order valence-electron chi connectivity index (χ2n) is 5.88. The minimum absolute atomic E-state index is 0.0187. The van der Waals surface area contributed by atoms with Crippen LogP contribution in [-0.4, -0.2) is 52.8 Å². The molecule has 0 bridgehead atoms. The third kappa shape index (κ3) is 6.67. The van der Waals surface area contributed by atoms with Crippen LogP contribution in [0.3, 0.4) is 0 Å². The van der Waals surface area contributed by atoms with Crippen LogP contribution in [0.4, 0.5) is 0 Å². The lowest BCUT2D eigenvalue weighted by atomic mass is 10.0.